The number of para-hydroxylation sites is 1. The molecule has 2 amide bonds. The summed E-state index contributed by atoms with van der Waals surface area (Å²) in [7, 11) is 0. The number of fused-ring (bicyclic) bond motifs is 2. The molecule has 2 aliphatic rings. The number of ether oxygens (including phenoxy) is 1. The Bertz CT molecular complexity index is 939. The van der Waals surface area contributed by atoms with Crippen LogP contribution in [0.25, 0.3) is 0 Å². The van der Waals surface area contributed by atoms with Crippen LogP contribution in [-0.4, -0.2) is 25.0 Å². The van der Waals surface area contributed by atoms with Crippen molar-refractivity contribution in [2.75, 3.05) is 18.5 Å². The van der Waals surface area contributed by atoms with Gasteiger partial charge in [0, 0.05) is 27.6 Å². The number of hydrogen-bond acceptors (Lipinski definition) is 3. The molecule has 0 bridgehead atoms. The maximum absolute atomic E-state index is 12.7. The van der Waals surface area contributed by atoms with Gasteiger partial charge in [-0.2, -0.15) is 0 Å². The SMILES string of the molecule is Cc1cccc(C)c1NC(=O)CNC(=O)[C@@H]1C[C@]12CCOc1ccc(Cl)cc12. The lowest BCUT2D eigenvalue weighted by atomic mass is 9.87. The summed E-state index contributed by atoms with van der Waals surface area (Å²) in [5.41, 5.74) is 3.59. The Hall–Kier alpha value is -2.53. The third-order valence-corrected chi connectivity index (χ3v) is 6.08. The number of carbonyl (C=O) groups is 2. The maximum Gasteiger partial charge on any atom is 0.243 e. The lowest BCUT2D eigenvalue weighted by Crippen LogP contribution is -2.36. The van der Waals surface area contributed by atoms with Crippen molar-refractivity contribution in [1.29, 1.82) is 0 Å². The van der Waals surface area contributed by atoms with Gasteiger partial charge < -0.3 is 15.4 Å². The first-order valence-corrected chi connectivity index (χ1v) is 9.85. The van der Waals surface area contributed by atoms with Crippen LogP contribution in [0.1, 0.15) is 29.5 Å². The van der Waals surface area contributed by atoms with E-state index in [4.69, 9.17) is 16.3 Å². The smallest absolute Gasteiger partial charge is 0.243 e. The summed E-state index contributed by atoms with van der Waals surface area (Å²) in [6, 6.07) is 11.4. The third-order valence-electron chi connectivity index (χ3n) is 5.84. The minimum Gasteiger partial charge on any atom is -0.493 e. The Kier molecular flexibility index (Phi) is 4.79. The van der Waals surface area contributed by atoms with Crippen LogP contribution in [0.2, 0.25) is 5.02 Å². The molecule has 0 radical (unpaired) electrons. The molecule has 2 aromatic carbocycles. The van der Waals surface area contributed by atoms with Crippen molar-refractivity contribution in [2.24, 2.45) is 5.92 Å². The maximum atomic E-state index is 12.7. The van der Waals surface area contributed by atoms with Gasteiger partial charge in [-0.25, -0.2) is 0 Å². The number of carbonyl (C=O) groups excluding carboxylic acids is 2. The zero-order valence-electron chi connectivity index (χ0n) is 16.0. The number of nitrogens with one attached hydrogen (secondary N) is 2. The van der Waals surface area contributed by atoms with E-state index in [1.807, 2.05) is 44.2 Å². The molecule has 6 heteroatoms. The second-order valence-electron chi connectivity index (χ2n) is 7.68. The predicted octanol–water partition coefficient (Wildman–Crippen LogP) is 3.75. The number of amides is 2. The van der Waals surface area contributed by atoms with E-state index >= 15 is 0 Å². The first-order valence-electron chi connectivity index (χ1n) is 9.47. The lowest BCUT2D eigenvalue weighted by Gasteiger charge is -2.27. The van der Waals surface area contributed by atoms with Crippen molar-refractivity contribution in [3.8, 4) is 5.75 Å². The van der Waals surface area contributed by atoms with Crippen LogP contribution < -0.4 is 15.4 Å². The molecule has 2 N–H and O–H groups in total. The van der Waals surface area contributed by atoms with Gasteiger partial charge in [-0.3, -0.25) is 9.59 Å². The normalized spacial score (nSPS) is 22.2. The van der Waals surface area contributed by atoms with Crippen LogP contribution in [0.5, 0.6) is 5.75 Å². The summed E-state index contributed by atoms with van der Waals surface area (Å²) in [6.07, 6.45) is 1.54. The fourth-order valence-electron chi connectivity index (χ4n) is 4.20. The number of rotatable bonds is 4. The summed E-state index contributed by atoms with van der Waals surface area (Å²) in [5.74, 6) is 0.334. The number of aryl methyl sites for hydroxylation is 2. The minimum atomic E-state index is -0.226. The molecule has 0 saturated heterocycles. The van der Waals surface area contributed by atoms with E-state index in [0.29, 0.717) is 11.6 Å². The van der Waals surface area contributed by atoms with Crippen molar-refractivity contribution in [3.05, 3.63) is 58.1 Å². The molecule has 28 heavy (non-hydrogen) atoms. The monoisotopic (exact) mass is 398 g/mol. The molecule has 1 saturated carbocycles. The second-order valence-corrected chi connectivity index (χ2v) is 8.12. The Morgan fingerprint density at radius 3 is 2.71 bits per heavy atom. The summed E-state index contributed by atoms with van der Waals surface area (Å²) in [5, 5.41) is 6.33. The van der Waals surface area contributed by atoms with E-state index < -0.39 is 0 Å². The summed E-state index contributed by atoms with van der Waals surface area (Å²) < 4.78 is 5.71. The molecule has 1 fully saturated rings. The van der Waals surface area contributed by atoms with Gasteiger partial charge in [0.2, 0.25) is 11.8 Å². The molecule has 146 valence electrons. The highest BCUT2D eigenvalue weighted by molar-refractivity contribution is 6.30. The average Bonchev–Trinajstić information content (AvgIpc) is 3.38. The molecule has 1 aliphatic carbocycles. The molecule has 5 nitrogen and oxygen atoms in total. The predicted molar refractivity (Wildman–Crippen MR) is 109 cm³/mol. The molecular weight excluding hydrogens is 376 g/mol. The van der Waals surface area contributed by atoms with Crippen LogP contribution in [-0.2, 0) is 15.0 Å². The van der Waals surface area contributed by atoms with Gasteiger partial charge in [0.25, 0.3) is 0 Å². The van der Waals surface area contributed by atoms with Gasteiger partial charge in [-0.15, -0.1) is 0 Å². The average molecular weight is 399 g/mol. The first-order chi connectivity index (χ1) is 13.4. The van der Waals surface area contributed by atoms with Crippen molar-refractivity contribution in [2.45, 2.75) is 32.1 Å². The summed E-state index contributed by atoms with van der Waals surface area (Å²) >= 11 is 6.16. The number of halogens is 1. The van der Waals surface area contributed by atoms with Crippen molar-refractivity contribution < 1.29 is 14.3 Å². The number of hydrogen-bond donors (Lipinski definition) is 2. The van der Waals surface area contributed by atoms with Crippen LogP contribution in [0.15, 0.2) is 36.4 Å². The van der Waals surface area contributed by atoms with Crippen LogP contribution in [0.3, 0.4) is 0 Å². The highest BCUT2D eigenvalue weighted by atomic mass is 35.5. The van der Waals surface area contributed by atoms with Crippen molar-refractivity contribution >= 4 is 29.1 Å². The fraction of sp³-hybridized carbons (Fsp3) is 0.364. The zero-order valence-corrected chi connectivity index (χ0v) is 16.7. The molecule has 2 atom stereocenters. The Morgan fingerprint density at radius 1 is 1.21 bits per heavy atom. The first kappa shape index (κ1) is 18.8. The largest absolute Gasteiger partial charge is 0.493 e. The van der Waals surface area contributed by atoms with Gasteiger partial charge in [0.05, 0.1) is 13.2 Å². The van der Waals surface area contributed by atoms with Gasteiger partial charge in [-0.05, 0) is 56.0 Å². The second kappa shape index (κ2) is 7.13. The molecular formula is C22H23ClN2O3. The van der Waals surface area contributed by atoms with Gasteiger partial charge in [-0.1, -0.05) is 29.8 Å². The number of benzene rings is 2. The molecule has 0 aromatic heterocycles. The molecule has 2 aromatic rings. The fourth-order valence-corrected chi connectivity index (χ4v) is 4.38. The van der Waals surface area contributed by atoms with E-state index in [-0.39, 0.29) is 29.7 Å². The van der Waals surface area contributed by atoms with E-state index in [0.717, 1.165) is 41.0 Å². The van der Waals surface area contributed by atoms with Crippen molar-refractivity contribution in [3.63, 3.8) is 0 Å². The van der Waals surface area contributed by atoms with Gasteiger partial charge in [0.1, 0.15) is 5.75 Å². The molecule has 0 unspecified atom stereocenters. The van der Waals surface area contributed by atoms with Gasteiger partial charge in [0.15, 0.2) is 0 Å². The van der Waals surface area contributed by atoms with Crippen LogP contribution in [0, 0.1) is 19.8 Å². The molecule has 4 rings (SSSR count). The molecule has 1 aliphatic heterocycles. The lowest BCUT2D eigenvalue weighted by molar-refractivity contribution is -0.125. The Labute approximate surface area is 169 Å². The Morgan fingerprint density at radius 2 is 1.96 bits per heavy atom. The Balaban J connectivity index is 1.39. The quantitative estimate of drug-likeness (QED) is 0.824. The molecule has 1 spiro atoms. The highest BCUT2D eigenvalue weighted by Crippen LogP contribution is 2.61. The topological polar surface area (TPSA) is 67.4 Å². The van der Waals surface area contributed by atoms with E-state index in [9.17, 15) is 9.59 Å². The van der Waals surface area contributed by atoms with E-state index in [2.05, 4.69) is 10.6 Å². The minimum absolute atomic E-state index is 0.0436. The van der Waals surface area contributed by atoms with Gasteiger partial charge >= 0.3 is 0 Å². The van der Waals surface area contributed by atoms with E-state index in [1.165, 1.54) is 0 Å². The zero-order chi connectivity index (χ0) is 19.9. The summed E-state index contributed by atoms with van der Waals surface area (Å²) in [4.78, 5) is 25.0. The standard InChI is InChI=1S/C22H23ClN2O3/c1-13-4-3-5-14(2)20(13)25-19(26)12-24-21(27)17-11-22(17)8-9-28-18-7-6-15(23)10-16(18)22/h3-7,10,17H,8-9,11-12H2,1-2H3,(H,24,27)(H,25,26)/t17-,22-/m0/s1. The van der Waals surface area contributed by atoms with E-state index in [1.54, 1.807) is 6.07 Å². The van der Waals surface area contributed by atoms with Crippen LogP contribution >= 0.6 is 11.6 Å². The highest BCUT2D eigenvalue weighted by Gasteiger charge is 2.61. The number of anilines is 1. The summed E-state index contributed by atoms with van der Waals surface area (Å²) in [6.45, 7) is 4.44. The molecule has 1 heterocycles. The third kappa shape index (κ3) is 3.35. The van der Waals surface area contributed by atoms with Crippen molar-refractivity contribution in [1.82, 2.24) is 5.32 Å². The van der Waals surface area contributed by atoms with Crippen LogP contribution in [0.4, 0.5) is 5.69 Å².